The lowest BCUT2D eigenvalue weighted by Gasteiger charge is -1.88. The number of aromatic amines is 1. The van der Waals surface area contributed by atoms with Gasteiger partial charge in [0.05, 0.1) is 23.8 Å². The van der Waals surface area contributed by atoms with Crippen LogP contribution in [0.2, 0.25) is 0 Å². The maximum absolute atomic E-state index is 10.4. The van der Waals surface area contributed by atoms with Crippen molar-refractivity contribution in [3.05, 3.63) is 54.4 Å². The number of pyridine rings is 1. The number of nitrogens with one attached hydrogen (secondary N) is 1. The molecule has 0 fully saturated rings. The van der Waals surface area contributed by atoms with Crippen LogP contribution in [0.5, 0.6) is 0 Å². The van der Waals surface area contributed by atoms with E-state index >= 15 is 0 Å². The van der Waals surface area contributed by atoms with Gasteiger partial charge in [-0.15, -0.1) is 0 Å². The van der Waals surface area contributed by atoms with Crippen LogP contribution in [-0.4, -0.2) is 31.9 Å². The maximum Gasteiger partial charge on any atom is 0.328 e. The second-order valence-electron chi connectivity index (χ2n) is 3.28. The Labute approximate surface area is 108 Å². The lowest BCUT2D eigenvalue weighted by Crippen LogP contribution is -2.10. The number of rotatable bonds is 3. The molecule has 0 saturated carbocycles. The summed E-state index contributed by atoms with van der Waals surface area (Å²) in [6, 6.07) is 3.29. The van der Waals surface area contributed by atoms with E-state index in [1.54, 1.807) is 24.5 Å². The van der Waals surface area contributed by atoms with Crippen LogP contribution in [0.15, 0.2) is 43.1 Å². The Morgan fingerprint density at radius 3 is 2.53 bits per heavy atom. The first-order valence-corrected chi connectivity index (χ1v) is 5.19. The highest BCUT2D eigenvalue weighted by Crippen LogP contribution is 1.93. The molecule has 2 aromatic heterocycles. The van der Waals surface area contributed by atoms with Crippen LogP contribution in [0, 0.1) is 0 Å². The SMILES string of the molecule is NC(=O)c1cccnc1.O=C(O)/C=C/c1cnc[nH]1. The number of H-pyrrole nitrogens is 1. The van der Waals surface area contributed by atoms with Crippen molar-refractivity contribution in [2.45, 2.75) is 0 Å². The minimum absolute atomic E-state index is 0.442. The zero-order valence-corrected chi connectivity index (χ0v) is 9.85. The molecule has 0 aliphatic heterocycles. The maximum atomic E-state index is 10.4. The van der Waals surface area contributed by atoms with Crippen LogP contribution in [0.4, 0.5) is 0 Å². The molecule has 0 spiro atoms. The number of carbonyl (C=O) groups excluding carboxylic acids is 1. The van der Waals surface area contributed by atoms with Crippen molar-refractivity contribution in [1.29, 1.82) is 0 Å². The molecule has 2 aromatic rings. The van der Waals surface area contributed by atoms with Gasteiger partial charge in [-0.05, 0) is 18.2 Å². The third kappa shape index (κ3) is 5.78. The molecule has 7 nitrogen and oxygen atoms in total. The lowest BCUT2D eigenvalue weighted by atomic mass is 10.3. The molecular weight excluding hydrogens is 248 g/mol. The fourth-order valence-corrected chi connectivity index (χ4v) is 1.03. The van der Waals surface area contributed by atoms with Gasteiger partial charge in [0, 0.05) is 18.5 Å². The van der Waals surface area contributed by atoms with Gasteiger partial charge in [0.25, 0.3) is 0 Å². The Balaban J connectivity index is 0.000000191. The molecule has 0 aromatic carbocycles. The summed E-state index contributed by atoms with van der Waals surface area (Å²) in [4.78, 5) is 30.5. The second-order valence-corrected chi connectivity index (χ2v) is 3.28. The minimum atomic E-state index is -0.963. The van der Waals surface area contributed by atoms with E-state index in [0.717, 1.165) is 6.08 Å². The summed E-state index contributed by atoms with van der Waals surface area (Å²) in [7, 11) is 0. The van der Waals surface area contributed by atoms with E-state index in [2.05, 4.69) is 15.0 Å². The van der Waals surface area contributed by atoms with Gasteiger partial charge in [-0.3, -0.25) is 9.78 Å². The van der Waals surface area contributed by atoms with E-state index in [9.17, 15) is 9.59 Å². The molecule has 0 bridgehead atoms. The predicted octanol–water partition coefficient (Wildman–Crippen LogP) is 0.688. The zero-order valence-electron chi connectivity index (χ0n) is 9.85. The highest BCUT2D eigenvalue weighted by atomic mass is 16.4. The molecule has 4 N–H and O–H groups in total. The van der Waals surface area contributed by atoms with Crippen LogP contribution in [0.25, 0.3) is 6.08 Å². The number of carboxylic acid groups (broad SMARTS) is 1. The van der Waals surface area contributed by atoms with Gasteiger partial charge in [0.15, 0.2) is 0 Å². The summed E-state index contributed by atoms with van der Waals surface area (Å²) in [6.45, 7) is 0. The molecule has 1 amide bonds. The monoisotopic (exact) mass is 260 g/mol. The van der Waals surface area contributed by atoms with E-state index in [-0.39, 0.29) is 0 Å². The predicted molar refractivity (Wildman–Crippen MR) is 68.0 cm³/mol. The number of imidazole rings is 1. The van der Waals surface area contributed by atoms with Crippen molar-refractivity contribution in [2.24, 2.45) is 5.73 Å². The summed E-state index contributed by atoms with van der Waals surface area (Å²) in [6.07, 6.45) is 8.54. The van der Waals surface area contributed by atoms with E-state index < -0.39 is 11.9 Å². The summed E-state index contributed by atoms with van der Waals surface area (Å²) >= 11 is 0. The van der Waals surface area contributed by atoms with E-state index in [0.29, 0.717) is 11.3 Å². The number of carboxylic acids is 1. The third-order valence-corrected chi connectivity index (χ3v) is 1.87. The molecule has 2 heterocycles. The van der Waals surface area contributed by atoms with Crippen LogP contribution in [0.3, 0.4) is 0 Å². The molecule has 0 saturated heterocycles. The number of hydrogen-bond donors (Lipinski definition) is 3. The highest BCUT2D eigenvalue weighted by Gasteiger charge is 1.94. The van der Waals surface area contributed by atoms with Crippen molar-refractivity contribution < 1.29 is 14.7 Å². The van der Waals surface area contributed by atoms with Gasteiger partial charge >= 0.3 is 5.97 Å². The quantitative estimate of drug-likeness (QED) is 0.701. The summed E-state index contributed by atoms with van der Waals surface area (Å²) in [5, 5.41) is 8.19. The first-order valence-electron chi connectivity index (χ1n) is 5.19. The lowest BCUT2D eigenvalue weighted by molar-refractivity contribution is -0.131. The molecule has 0 aliphatic carbocycles. The molecule has 0 unspecified atom stereocenters. The van der Waals surface area contributed by atoms with Gasteiger partial charge in [-0.25, -0.2) is 9.78 Å². The molecule has 7 heteroatoms. The Morgan fingerprint density at radius 1 is 1.32 bits per heavy atom. The molecule has 2 rings (SSSR count). The molecule has 0 aliphatic rings. The van der Waals surface area contributed by atoms with Gasteiger partial charge in [-0.2, -0.15) is 0 Å². The van der Waals surface area contributed by atoms with E-state index in [1.165, 1.54) is 18.6 Å². The Kier molecular flexibility index (Phi) is 5.48. The molecule has 0 radical (unpaired) electrons. The van der Waals surface area contributed by atoms with Crippen molar-refractivity contribution in [3.63, 3.8) is 0 Å². The molecule has 19 heavy (non-hydrogen) atoms. The van der Waals surface area contributed by atoms with Crippen LogP contribution in [-0.2, 0) is 4.79 Å². The normalized spacial score (nSPS) is 9.68. The number of hydrogen-bond acceptors (Lipinski definition) is 4. The van der Waals surface area contributed by atoms with E-state index in [4.69, 9.17) is 10.8 Å². The number of aliphatic carboxylic acids is 1. The van der Waals surface area contributed by atoms with Crippen molar-refractivity contribution in [1.82, 2.24) is 15.0 Å². The van der Waals surface area contributed by atoms with Crippen molar-refractivity contribution >= 4 is 18.0 Å². The second kappa shape index (κ2) is 7.38. The van der Waals surface area contributed by atoms with Crippen molar-refractivity contribution in [2.75, 3.05) is 0 Å². The molecule has 0 atom stereocenters. The standard InChI is InChI=1S/C6H6N2O2.C6H6N2O/c9-6(10)2-1-5-3-7-4-8-5;7-6(9)5-2-1-3-8-4-5/h1-4H,(H,7,8)(H,9,10);1-4H,(H2,7,9)/b2-1+;. The van der Waals surface area contributed by atoms with Crippen LogP contribution >= 0.6 is 0 Å². The highest BCUT2D eigenvalue weighted by molar-refractivity contribution is 5.92. The molecule has 98 valence electrons. The average molecular weight is 260 g/mol. The number of nitrogens with two attached hydrogens (primary N) is 1. The Bertz CT molecular complexity index is 550. The van der Waals surface area contributed by atoms with Gasteiger partial charge in [0.1, 0.15) is 0 Å². The number of primary amides is 1. The summed E-state index contributed by atoms with van der Waals surface area (Å²) in [5.41, 5.74) is 6.06. The number of aromatic nitrogens is 3. The van der Waals surface area contributed by atoms with Gasteiger partial charge in [0.2, 0.25) is 5.91 Å². The third-order valence-electron chi connectivity index (χ3n) is 1.87. The van der Waals surface area contributed by atoms with Crippen LogP contribution in [0.1, 0.15) is 16.1 Å². The number of nitrogens with zero attached hydrogens (tertiary/aromatic N) is 2. The van der Waals surface area contributed by atoms with Crippen LogP contribution < -0.4 is 5.73 Å². The first kappa shape index (κ1) is 14.1. The zero-order chi connectivity index (χ0) is 14.1. The largest absolute Gasteiger partial charge is 0.478 e. The smallest absolute Gasteiger partial charge is 0.328 e. The minimum Gasteiger partial charge on any atom is -0.478 e. The van der Waals surface area contributed by atoms with E-state index in [1.807, 2.05) is 0 Å². The Hall–Kier alpha value is -2.96. The fraction of sp³-hybridized carbons (Fsp3) is 0. The topological polar surface area (TPSA) is 122 Å². The number of amides is 1. The fourth-order valence-electron chi connectivity index (χ4n) is 1.03. The number of carbonyl (C=O) groups is 2. The van der Waals surface area contributed by atoms with Gasteiger partial charge in [-0.1, -0.05) is 0 Å². The first-order chi connectivity index (χ1) is 9.09. The molecular formula is C12H12N4O3. The van der Waals surface area contributed by atoms with Gasteiger partial charge < -0.3 is 15.8 Å². The average Bonchev–Trinajstić information content (AvgIpc) is 2.91. The summed E-state index contributed by atoms with van der Waals surface area (Å²) in [5.74, 6) is -1.40. The summed E-state index contributed by atoms with van der Waals surface area (Å²) < 4.78 is 0. The van der Waals surface area contributed by atoms with Crippen molar-refractivity contribution in [3.8, 4) is 0 Å². The Morgan fingerprint density at radius 2 is 2.11 bits per heavy atom.